The van der Waals surface area contributed by atoms with Gasteiger partial charge >= 0.3 is 0 Å². The molecule has 0 aromatic heterocycles. The molecule has 1 saturated heterocycles. The predicted octanol–water partition coefficient (Wildman–Crippen LogP) is 4.23. The zero-order valence-corrected chi connectivity index (χ0v) is 16.4. The van der Waals surface area contributed by atoms with Gasteiger partial charge in [0.05, 0.1) is 6.61 Å². The molecule has 26 heavy (non-hydrogen) atoms. The third kappa shape index (κ3) is 5.58. The molecular formula is C23H32N2O. The molecule has 140 valence electrons. The Morgan fingerprint density at radius 3 is 2.35 bits per heavy atom. The number of nitrogens with one attached hydrogen (secondary N) is 1. The van der Waals surface area contributed by atoms with Crippen molar-refractivity contribution in [3.05, 3.63) is 65.2 Å². The van der Waals surface area contributed by atoms with Crippen molar-refractivity contribution >= 4 is 0 Å². The highest BCUT2D eigenvalue weighted by molar-refractivity contribution is 5.29. The van der Waals surface area contributed by atoms with Crippen LogP contribution in [0.5, 0.6) is 5.75 Å². The average Bonchev–Trinajstić information content (AvgIpc) is 3.07. The Bertz CT molecular complexity index is 664. The third-order valence-electron chi connectivity index (χ3n) is 5.22. The minimum absolute atomic E-state index is 0.562. The van der Waals surface area contributed by atoms with Gasteiger partial charge in [0.1, 0.15) is 5.75 Å². The first-order valence-corrected chi connectivity index (χ1v) is 9.82. The summed E-state index contributed by atoms with van der Waals surface area (Å²) in [5.41, 5.74) is 4.03. The summed E-state index contributed by atoms with van der Waals surface area (Å²) in [7, 11) is 2.19. The van der Waals surface area contributed by atoms with E-state index < -0.39 is 0 Å². The SMILES string of the molecule is CC(C)c1ccc(OCCc2ccc(CNC3CCN(C)C3)cc2)cc1. The van der Waals surface area contributed by atoms with Crippen LogP contribution in [0.2, 0.25) is 0 Å². The maximum atomic E-state index is 5.88. The second-order valence-corrected chi connectivity index (χ2v) is 7.77. The van der Waals surface area contributed by atoms with Gasteiger partial charge in [0.2, 0.25) is 0 Å². The van der Waals surface area contributed by atoms with Crippen LogP contribution in [0.1, 0.15) is 42.9 Å². The lowest BCUT2D eigenvalue weighted by atomic mass is 10.0. The van der Waals surface area contributed by atoms with Gasteiger partial charge in [-0.3, -0.25) is 0 Å². The van der Waals surface area contributed by atoms with Crippen molar-refractivity contribution in [3.8, 4) is 5.75 Å². The van der Waals surface area contributed by atoms with Crippen LogP contribution in [0.25, 0.3) is 0 Å². The number of rotatable bonds is 8. The summed E-state index contributed by atoms with van der Waals surface area (Å²) in [6.45, 7) is 8.46. The molecule has 1 atom stereocenters. The van der Waals surface area contributed by atoms with Gasteiger partial charge in [-0.2, -0.15) is 0 Å². The van der Waals surface area contributed by atoms with Crippen LogP contribution < -0.4 is 10.1 Å². The van der Waals surface area contributed by atoms with Crippen molar-refractivity contribution in [2.75, 3.05) is 26.7 Å². The first-order chi connectivity index (χ1) is 12.6. The Balaban J connectivity index is 1.40. The zero-order chi connectivity index (χ0) is 18.4. The average molecular weight is 353 g/mol. The molecule has 3 heteroatoms. The fraction of sp³-hybridized carbons (Fsp3) is 0.478. The summed E-state index contributed by atoms with van der Waals surface area (Å²) in [5, 5.41) is 3.66. The highest BCUT2D eigenvalue weighted by atomic mass is 16.5. The van der Waals surface area contributed by atoms with E-state index in [2.05, 4.69) is 79.6 Å². The molecule has 2 aromatic rings. The van der Waals surface area contributed by atoms with Crippen LogP contribution >= 0.6 is 0 Å². The Labute approximate surface area is 158 Å². The molecule has 0 aliphatic carbocycles. The van der Waals surface area contributed by atoms with Gasteiger partial charge in [-0.05, 0) is 54.8 Å². The molecule has 3 nitrogen and oxygen atoms in total. The van der Waals surface area contributed by atoms with E-state index in [0.29, 0.717) is 18.6 Å². The fourth-order valence-corrected chi connectivity index (χ4v) is 3.42. The number of likely N-dealkylation sites (N-methyl/N-ethyl adjacent to an activating group) is 1. The molecule has 1 unspecified atom stereocenters. The molecule has 0 saturated carbocycles. The molecule has 0 radical (unpaired) electrons. The lowest BCUT2D eigenvalue weighted by Gasteiger charge is -2.13. The minimum Gasteiger partial charge on any atom is -0.493 e. The van der Waals surface area contributed by atoms with Crippen LogP contribution in [0, 0.1) is 0 Å². The maximum absolute atomic E-state index is 5.88. The molecule has 1 fully saturated rings. The second kappa shape index (κ2) is 9.20. The minimum atomic E-state index is 0.562. The molecule has 1 N–H and O–H groups in total. The quantitative estimate of drug-likeness (QED) is 0.770. The zero-order valence-electron chi connectivity index (χ0n) is 16.4. The van der Waals surface area contributed by atoms with E-state index in [1.54, 1.807) is 0 Å². The largest absolute Gasteiger partial charge is 0.493 e. The van der Waals surface area contributed by atoms with E-state index in [1.807, 2.05) is 0 Å². The van der Waals surface area contributed by atoms with E-state index in [1.165, 1.54) is 29.7 Å². The van der Waals surface area contributed by atoms with Gasteiger partial charge < -0.3 is 15.0 Å². The van der Waals surface area contributed by atoms with Crippen LogP contribution in [0.4, 0.5) is 0 Å². The van der Waals surface area contributed by atoms with Crippen molar-refractivity contribution in [2.24, 2.45) is 0 Å². The molecular weight excluding hydrogens is 320 g/mol. The lowest BCUT2D eigenvalue weighted by Crippen LogP contribution is -2.30. The third-order valence-corrected chi connectivity index (χ3v) is 5.22. The number of ether oxygens (including phenoxy) is 1. The second-order valence-electron chi connectivity index (χ2n) is 7.77. The highest BCUT2D eigenvalue weighted by Gasteiger charge is 2.18. The van der Waals surface area contributed by atoms with Crippen molar-refractivity contribution in [3.63, 3.8) is 0 Å². The van der Waals surface area contributed by atoms with E-state index in [0.717, 1.165) is 25.3 Å². The van der Waals surface area contributed by atoms with E-state index in [4.69, 9.17) is 4.74 Å². The molecule has 1 aliphatic heterocycles. The first-order valence-electron chi connectivity index (χ1n) is 9.82. The van der Waals surface area contributed by atoms with Gasteiger partial charge in [-0.25, -0.2) is 0 Å². The summed E-state index contributed by atoms with van der Waals surface area (Å²) in [5.74, 6) is 1.52. The fourth-order valence-electron chi connectivity index (χ4n) is 3.42. The molecule has 1 aliphatic rings. The van der Waals surface area contributed by atoms with Crippen molar-refractivity contribution in [1.82, 2.24) is 10.2 Å². The summed E-state index contributed by atoms with van der Waals surface area (Å²) in [6.07, 6.45) is 2.19. The van der Waals surface area contributed by atoms with Gasteiger partial charge in [-0.15, -0.1) is 0 Å². The van der Waals surface area contributed by atoms with Crippen molar-refractivity contribution in [2.45, 2.75) is 45.2 Å². The maximum Gasteiger partial charge on any atom is 0.119 e. The number of likely N-dealkylation sites (tertiary alicyclic amines) is 1. The van der Waals surface area contributed by atoms with Crippen LogP contribution in [0.15, 0.2) is 48.5 Å². The Hall–Kier alpha value is -1.84. The van der Waals surface area contributed by atoms with Gasteiger partial charge in [0, 0.05) is 25.6 Å². The smallest absolute Gasteiger partial charge is 0.119 e. The molecule has 0 bridgehead atoms. The number of benzene rings is 2. The summed E-state index contributed by atoms with van der Waals surface area (Å²) in [6, 6.07) is 18.0. The number of nitrogens with zero attached hydrogens (tertiary/aromatic N) is 1. The molecule has 3 rings (SSSR count). The lowest BCUT2D eigenvalue weighted by molar-refractivity contribution is 0.322. The van der Waals surface area contributed by atoms with Gasteiger partial charge in [0.25, 0.3) is 0 Å². The van der Waals surface area contributed by atoms with E-state index in [-0.39, 0.29) is 0 Å². The van der Waals surface area contributed by atoms with Crippen LogP contribution in [0.3, 0.4) is 0 Å². The van der Waals surface area contributed by atoms with Crippen molar-refractivity contribution < 1.29 is 4.74 Å². The Morgan fingerprint density at radius 1 is 1.04 bits per heavy atom. The van der Waals surface area contributed by atoms with E-state index >= 15 is 0 Å². The standard InChI is InChI=1S/C23H32N2O/c1-18(2)21-8-10-23(11-9-21)26-15-13-19-4-6-20(7-5-19)16-24-22-12-14-25(3)17-22/h4-11,18,22,24H,12-17H2,1-3H3. The molecule has 1 heterocycles. The first kappa shape index (κ1) is 18.9. The monoisotopic (exact) mass is 352 g/mol. The molecule has 2 aromatic carbocycles. The predicted molar refractivity (Wildman–Crippen MR) is 109 cm³/mol. The summed E-state index contributed by atoms with van der Waals surface area (Å²) < 4.78 is 5.88. The summed E-state index contributed by atoms with van der Waals surface area (Å²) >= 11 is 0. The molecule has 0 amide bonds. The van der Waals surface area contributed by atoms with E-state index in [9.17, 15) is 0 Å². The van der Waals surface area contributed by atoms with Gasteiger partial charge in [0.15, 0.2) is 0 Å². The van der Waals surface area contributed by atoms with Crippen molar-refractivity contribution in [1.29, 1.82) is 0 Å². The number of hydrogen-bond acceptors (Lipinski definition) is 3. The molecule has 0 spiro atoms. The Morgan fingerprint density at radius 2 is 1.73 bits per heavy atom. The Kier molecular flexibility index (Phi) is 6.70. The van der Waals surface area contributed by atoms with Gasteiger partial charge in [-0.1, -0.05) is 50.2 Å². The number of hydrogen-bond donors (Lipinski definition) is 1. The topological polar surface area (TPSA) is 24.5 Å². The van der Waals surface area contributed by atoms with Crippen LogP contribution in [-0.2, 0) is 13.0 Å². The highest BCUT2D eigenvalue weighted by Crippen LogP contribution is 2.18. The van der Waals surface area contributed by atoms with Crippen LogP contribution in [-0.4, -0.2) is 37.7 Å². The normalized spacial score (nSPS) is 17.8. The summed E-state index contributed by atoms with van der Waals surface area (Å²) in [4.78, 5) is 2.39.